The van der Waals surface area contributed by atoms with E-state index in [1.165, 1.54) is 0 Å². The molecule has 3 heterocycles. The Morgan fingerprint density at radius 3 is 3.23 bits per heavy atom. The maximum atomic E-state index is 12.7. The van der Waals surface area contributed by atoms with Crippen molar-refractivity contribution in [1.82, 2.24) is 15.2 Å². The van der Waals surface area contributed by atoms with E-state index < -0.39 is 0 Å². The number of benzene rings is 1. The molecule has 2 fully saturated rings. The van der Waals surface area contributed by atoms with Crippen LogP contribution in [0.2, 0.25) is 0 Å². The number of amides is 2. The Labute approximate surface area is 155 Å². The molecule has 1 saturated heterocycles. The van der Waals surface area contributed by atoms with Gasteiger partial charge in [-0.2, -0.15) is 5.26 Å². The van der Waals surface area contributed by atoms with Gasteiger partial charge in [-0.1, -0.05) is 11.3 Å². The minimum atomic E-state index is -0.0815. The molecule has 3 atom stereocenters. The van der Waals surface area contributed by atoms with Gasteiger partial charge in [0.05, 0.1) is 41.5 Å². The number of carbonyl (C=O) groups excluding carboxylic acids is 1. The average Bonchev–Trinajstić information content (AvgIpc) is 3.35. The molecule has 1 aliphatic carbocycles. The molecule has 7 nitrogen and oxygen atoms in total. The number of nitrogens with one attached hydrogen (secondary N) is 1. The molecule has 1 aromatic heterocycles. The number of anilines is 1. The van der Waals surface area contributed by atoms with E-state index >= 15 is 0 Å². The van der Waals surface area contributed by atoms with Gasteiger partial charge in [0.1, 0.15) is 5.75 Å². The molecule has 3 aliphatic rings. The number of hydrogen-bond acceptors (Lipinski definition) is 6. The molecule has 2 amide bonds. The van der Waals surface area contributed by atoms with Crippen LogP contribution in [0.5, 0.6) is 5.75 Å². The van der Waals surface area contributed by atoms with Crippen LogP contribution in [0.25, 0.3) is 10.2 Å². The highest BCUT2D eigenvalue weighted by Crippen LogP contribution is 2.41. The maximum Gasteiger partial charge on any atom is 0.324 e. The van der Waals surface area contributed by atoms with E-state index in [-0.39, 0.29) is 24.2 Å². The van der Waals surface area contributed by atoms with Crippen LogP contribution in [0.4, 0.5) is 9.93 Å². The fourth-order valence-corrected chi connectivity index (χ4v) is 5.57. The van der Waals surface area contributed by atoms with E-state index in [9.17, 15) is 4.79 Å². The summed E-state index contributed by atoms with van der Waals surface area (Å²) in [5.41, 5.74) is 2.12. The lowest BCUT2D eigenvalue weighted by atomic mass is 10.1. The van der Waals surface area contributed by atoms with Crippen molar-refractivity contribution in [3.8, 4) is 11.8 Å². The van der Waals surface area contributed by atoms with Gasteiger partial charge in [-0.05, 0) is 32.0 Å². The van der Waals surface area contributed by atoms with Gasteiger partial charge in [-0.15, -0.1) is 0 Å². The maximum absolute atomic E-state index is 12.7. The number of ether oxygens (including phenoxy) is 1. The monoisotopic (exact) mass is 369 g/mol. The number of aromatic nitrogens is 1. The number of urea groups is 1. The van der Waals surface area contributed by atoms with Crippen LogP contribution in [-0.2, 0) is 6.42 Å². The molecule has 0 spiro atoms. The number of rotatable bonds is 3. The minimum absolute atomic E-state index is 0.0434. The second kappa shape index (κ2) is 5.83. The van der Waals surface area contributed by atoms with E-state index in [4.69, 9.17) is 15.0 Å². The number of fused-ring (bicyclic) bond motifs is 4. The Kier molecular flexibility index (Phi) is 3.55. The first-order valence-electron chi connectivity index (χ1n) is 8.89. The molecular formula is C18H19N5O2S. The van der Waals surface area contributed by atoms with Gasteiger partial charge >= 0.3 is 6.03 Å². The largest absolute Gasteiger partial charge is 0.493 e. The van der Waals surface area contributed by atoms with Crippen molar-refractivity contribution >= 4 is 32.7 Å². The highest BCUT2D eigenvalue weighted by atomic mass is 32.1. The predicted octanol–water partition coefficient (Wildman–Crippen LogP) is 2.12. The highest BCUT2D eigenvalue weighted by molar-refractivity contribution is 7.22. The Bertz CT molecular complexity index is 936. The van der Waals surface area contributed by atoms with Crippen molar-refractivity contribution in [2.24, 2.45) is 0 Å². The van der Waals surface area contributed by atoms with Gasteiger partial charge in [0.2, 0.25) is 0 Å². The minimum Gasteiger partial charge on any atom is -0.493 e. The molecule has 8 heteroatoms. The normalized spacial score (nSPS) is 26.7. The smallest absolute Gasteiger partial charge is 0.324 e. The fraction of sp³-hybridized carbons (Fsp3) is 0.500. The average molecular weight is 369 g/mol. The summed E-state index contributed by atoms with van der Waals surface area (Å²) in [5.74, 6) is 0.914. The number of nitrogens with zero attached hydrogens (tertiary/aromatic N) is 4. The first-order valence-corrected chi connectivity index (χ1v) is 9.71. The van der Waals surface area contributed by atoms with Gasteiger partial charge in [0.15, 0.2) is 5.13 Å². The van der Waals surface area contributed by atoms with Crippen LogP contribution in [0.15, 0.2) is 12.1 Å². The zero-order chi connectivity index (χ0) is 17.8. The SMILES string of the molecule is CN(CC#N)[C@@H]1CC[C@@H]2[C@H]1NC(=O)N2c1nc2c3c(ccc2s1)OCC3. The standard InChI is InChI=1S/C18H19N5O2S/c1-22(8-7-19)11-2-3-12-16(11)20-17(24)23(12)18-21-15-10-6-9-25-13(10)4-5-14(15)26-18/h4-5,11-12,16H,2-3,6,8-9H2,1H3,(H,20,24)/t11-,12-,16+/m1/s1. The summed E-state index contributed by atoms with van der Waals surface area (Å²) < 4.78 is 6.73. The van der Waals surface area contributed by atoms with Crippen molar-refractivity contribution in [2.45, 2.75) is 37.4 Å². The van der Waals surface area contributed by atoms with E-state index in [0.29, 0.717) is 13.2 Å². The Morgan fingerprint density at radius 1 is 1.50 bits per heavy atom. The molecule has 26 heavy (non-hydrogen) atoms. The predicted molar refractivity (Wildman–Crippen MR) is 98.7 cm³/mol. The molecule has 1 aromatic carbocycles. The molecule has 2 aromatic rings. The lowest BCUT2D eigenvalue weighted by Crippen LogP contribution is -2.46. The van der Waals surface area contributed by atoms with Crippen molar-refractivity contribution in [1.29, 1.82) is 5.26 Å². The summed E-state index contributed by atoms with van der Waals surface area (Å²) in [6, 6.07) is 6.48. The van der Waals surface area contributed by atoms with Crippen LogP contribution in [0.1, 0.15) is 18.4 Å². The molecule has 134 valence electrons. The second-order valence-corrected chi connectivity index (χ2v) is 8.12. The number of hydrogen-bond donors (Lipinski definition) is 1. The Morgan fingerprint density at radius 2 is 2.38 bits per heavy atom. The van der Waals surface area contributed by atoms with Crippen LogP contribution >= 0.6 is 11.3 Å². The molecule has 0 unspecified atom stereocenters. The summed E-state index contributed by atoms with van der Waals surface area (Å²) in [7, 11) is 1.95. The first-order chi connectivity index (χ1) is 12.7. The zero-order valence-corrected chi connectivity index (χ0v) is 15.3. The molecule has 5 rings (SSSR count). The van der Waals surface area contributed by atoms with Crippen LogP contribution in [0.3, 0.4) is 0 Å². The van der Waals surface area contributed by atoms with Gasteiger partial charge in [-0.25, -0.2) is 9.78 Å². The quantitative estimate of drug-likeness (QED) is 0.838. The molecule has 1 saturated carbocycles. The van der Waals surface area contributed by atoms with Crippen molar-refractivity contribution in [3.63, 3.8) is 0 Å². The van der Waals surface area contributed by atoms with Crippen LogP contribution in [-0.4, -0.2) is 54.2 Å². The summed E-state index contributed by atoms with van der Waals surface area (Å²) >= 11 is 1.57. The van der Waals surface area contributed by atoms with Crippen LogP contribution in [0, 0.1) is 11.3 Å². The van der Waals surface area contributed by atoms with Gasteiger partial charge in [0, 0.05) is 18.0 Å². The molecule has 0 radical (unpaired) electrons. The molecule has 0 bridgehead atoms. The zero-order valence-electron chi connectivity index (χ0n) is 14.4. The van der Waals surface area contributed by atoms with E-state index in [1.807, 2.05) is 29.0 Å². The van der Waals surface area contributed by atoms with E-state index in [2.05, 4.69) is 11.4 Å². The highest BCUT2D eigenvalue weighted by Gasteiger charge is 2.50. The van der Waals surface area contributed by atoms with E-state index in [1.54, 1.807) is 11.3 Å². The second-order valence-electron chi connectivity index (χ2n) is 7.11. The fourth-order valence-electron chi connectivity index (χ4n) is 4.51. The number of likely N-dealkylation sites (N-methyl/N-ethyl adjacent to an activating group) is 1. The number of thiazole rings is 1. The lowest BCUT2D eigenvalue weighted by Gasteiger charge is -2.26. The first kappa shape index (κ1) is 15.9. The summed E-state index contributed by atoms with van der Waals surface area (Å²) in [4.78, 5) is 21.4. The van der Waals surface area contributed by atoms with Gasteiger partial charge in [0.25, 0.3) is 0 Å². The Hall–Kier alpha value is -2.37. The number of carbonyl (C=O) groups is 1. The van der Waals surface area contributed by atoms with Crippen molar-refractivity contribution in [2.75, 3.05) is 25.1 Å². The third-order valence-electron chi connectivity index (χ3n) is 5.74. The molecule has 1 N–H and O–H groups in total. The summed E-state index contributed by atoms with van der Waals surface area (Å²) in [6.45, 7) is 1.07. The lowest BCUT2D eigenvalue weighted by molar-refractivity contribution is 0.229. The topological polar surface area (TPSA) is 81.5 Å². The van der Waals surface area contributed by atoms with Crippen molar-refractivity contribution < 1.29 is 9.53 Å². The number of nitriles is 1. The van der Waals surface area contributed by atoms with Gasteiger partial charge in [-0.3, -0.25) is 9.80 Å². The molecule has 2 aliphatic heterocycles. The third-order valence-corrected chi connectivity index (χ3v) is 6.76. The van der Waals surface area contributed by atoms with Crippen molar-refractivity contribution in [3.05, 3.63) is 17.7 Å². The summed E-state index contributed by atoms with van der Waals surface area (Å²) in [5, 5.41) is 12.9. The van der Waals surface area contributed by atoms with Crippen LogP contribution < -0.4 is 15.0 Å². The Balaban J connectivity index is 1.48. The van der Waals surface area contributed by atoms with E-state index in [0.717, 1.165) is 45.9 Å². The molecular weight excluding hydrogens is 350 g/mol. The van der Waals surface area contributed by atoms with Gasteiger partial charge < -0.3 is 10.1 Å². The third kappa shape index (κ3) is 2.20. The summed E-state index contributed by atoms with van der Waals surface area (Å²) in [6.07, 6.45) is 2.76.